The molecule has 4 rings (SSSR count). The fourth-order valence-corrected chi connectivity index (χ4v) is 2.90. The maximum Gasteiger partial charge on any atom is 0.136 e. The van der Waals surface area contributed by atoms with E-state index < -0.39 is 0 Å². The summed E-state index contributed by atoms with van der Waals surface area (Å²) >= 11 is 6.21. The number of fused-ring (bicyclic) bond motifs is 4. The molecule has 0 atom stereocenters. The summed E-state index contributed by atoms with van der Waals surface area (Å²) < 4.78 is 0. The fourth-order valence-electron chi connectivity index (χ4n) is 2.69. The van der Waals surface area contributed by atoms with E-state index in [0.717, 1.165) is 32.6 Å². The van der Waals surface area contributed by atoms with Crippen LogP contribution in [-0.2, 0) is 0 Å². The van der Waals surface area contributed by atoms with Gasteiger partial charge in [-0.05, 0) is 36.1 Å². The zero-order valence-electron chi connectivity index (χ0n) is 10.2. The molecule has 1 aromatic carbocycles. The van der Waals surface area contributed by atoms with Gasteiger partial charge in [0, 0.05) is 40.3 Å². The summed E-state index contributed by atoms with van der Waals surface area (Å²) in [4.78, 5) is 11.8. The molecule has 0 aliphatic carbocycles. The number of aromatic nitrogens is 3. The second-order valence-electron chi connectivity index (χ2n) is 4.67. The van der Waals surface area contributed by atoms with Crippen molar-refractivity contribution in [2.45, 2.75) is 6.92 Å². The summed E-state index contributed by atoms with van der Waals surface area (Å²) in [6.45, 7) is 2.10. The molecule has 0 fully saturated rings. The van der Waals surface area contributed by atoms with Crippen molar-refractivity contribution in [2.24, 2.45) is 0 Å². The van der Waals surface area contributed by atoms with Crippen LogP contribution in [0.5, 0.6) is 0 Å². The summed E-state index contributed by atoms with van der Waals surface area (Å²) in [5.41, 5.74) is 3.42. The van der Waals surface area contributed by atoms with Crippen LogP contribution in [0.25, 0.3) is 32.6 Å². The molecule has 19 heavy (non-hydrogen) atoms. The summed E-state index contributed by atoms with van der Waals surface area (Å²) in [6.07, 6.45) is 5.42. The SMILES string of the molecule is Cc1c2ccnc(Cl)c2cc2c1[nH]c1ccncc12. The molecule has 0 bridgehead atoms. The third-order valence-corrected chi connectivity index (χ3v) is 3.95. The van der Waals surface area contributed by atoms with E-state index >= 15 is 0 Å². The molecule has 0 amide bonds. The minimum absolute atomic E-state index is 0.542. The molecule has 3 heterocycles. The number of aryl methyl sites for hydroxylation is 1. The standard InChI is InChI=1S/C15H10ClN3/c1-8-9-2-5-18-15(16)11(9)6-10-12-7-17-4-3-13(12)19-14(8)10/h2-7,19H,1H3. The number of aromatic amines is 1. The maximum absolute atomic E-state index is 6.21. The summed E-state index contributed by atoms with van der Waals surface area (Å²) in [7, 11) is 0. The number of H-pyrrole nitrogens is 1. The molecular weight excluding hydrogens is 258 g/mol. The number of halogens is 1. The average molecular weight is 268 g/mol. The molecule has 1 N–H and O–H groups in total. The van der Waals surface area contributed by atoms with Gasteiger partial charge in [0.25, 0.3) is 0 Å². The van der Waals surface area contributed by atoms with Gasteiger partial charge in [0.05, 0.1) is 5.52 Å². The van der Waals surface area contributed by atoms with Crippen molar-refractivity contribution < 1.29 is 0 Å². The molecule has 4 aromatic rings. The molecule has 4 heteroatoms. The lowest BCUT2D eigenvalue weighted by atomic mass is 10.0. The van der Waals surface area contributed by atoms with Crippen molar-refractivity contribution in [1.82, 2.24) is 15.0 Å². The van der Waals surface area contributed by atoms with Gasteiger partial charge in [0.1, 0.15) is 5.15 Å². The van der Waals surface area contributed by atoms with Crippen molar-refractivity contribution in [2.75, 3.05) is 0 Å². The van der Waals surface area contributed by atoms with Gasteiger partial charge in [-0.15, -0.1) is 0 Å². The van der Waals surface area contributed by atoms with Crippen LogP contribution in [0.1, 0.15) is 5.56 Å². The first-order chi connectivity index (χ1) is 9.25. The van der Waals surface area contributed by atoms with Crippen LogP contribution in [0, 0.1) is 6.92 Å². The quantitative estimate of drug-likeness (QED) is 0.485. The van der Waals surface area contributed by atoms with E-state index in [1.54, 1.807) is 12.4 Å². The number of benzene rings is 1. The second-order valence-corrected chi connectivity index (χ2v) is 5.03. The van der Waals surface area contributed by atoms with Gasteiger partial charge in [0.2, 0.25) is 0 Å². The highest BCUT2D eigenvalue weighted by Crippen LogP contribution is 2.34. The van der Waals surface area contributed by atoms with Gasteiger partial charge < -0.3 is 4.98 Å². The minimum atomic E-state index is 0.542. The van der Waals surface area contributed by atoms with Crippen LogP contribution >= 0.6 is 11.6 Å². The Kier molecular flexibility index (Phi) is 2.09. The zero-order chi connectivity index (χ0) is 13.0. The number of hydrogen-bond acceptors (Lipinski definition) is 2. The molecule has 0 saturated heterocycles. The summed E-state index contributed by atoms with van der Waals surface area (Å²) in [5, 5.41) is 4.91. The third kappa shape index (κ3) is 1.39. The number of pyridine rings is 2. The fraction of sp³-hybridized carbons (Fsp3) is 0.0667. The molecule has 3 nitrogen and oxygen atoms in total. The lowest BCUT2D eigenvalue weighted by molar-refractivity contribution is 1.35. The van der Waals surface area contributed by atoms with E-state index in [-0.39, 0.29) is 0 Å². The Morgan fingerprint density at radius 1 is 1.05 bits per heavy atom. The highest BCUT2D eigenvalue weighted by atomic mass is 35.5. The number of hydrogen-bond donors (Lipinski definition) is 1. The molecule has 0 spiro atoms. The van der Waals surface area contributed by atoms with Crippen molar-refractivity contribution in [1.29, 1.82) is 0 Å². The van der Waals surface area contributed by atoms with E-state index in [2.05, 4.69) is 27.9 Å². The molecule has 0 unspecified atom stereocenters. The molecule has 0 aliphatic heterocycles. The topological polar surface area (TPSA) is 41.6 Å². The Morgan fingerprint density at radius 3 is 2.84 bits per heavy atom. The largest absolute Gasteiger partial charge is 0.354 e. The lowest BCUT2D eigenvalue weighted by Gasteiger charge is -2.05. The van der Waals surface area contributed by atoms with Crippen molar-refractivity contribution >= 4 is 44.2 Å². The monoisotopic (exact) mass is 267 g/mol. The summed E-state index contributed by atoms with van der Waals surface area (Å²) in [6, 6.07) is 6.08. The summed E-state index contributed by atoms with van der Waals surface area (Å²) in [5.74, 6) is 0. The van der Waals surface area contributed by atoms with Crippen LogP contribution in [0.3, 0.4) is 0 Å². The molecule has 92 valence electrons. The minimum Gasteiger partial charge on any atom is -0.354 e. The van der Waals surface area contributed by atoms with Crippen LogP contribution in [-0.4, -0.2) is 15.0 Å². The van der Waals surface area contributed by atoms with Gasteiger partial charge in [-0.25, -0.2) is 4.98 Å². The van der Waals surface area contributed by atoms with Crippen LogP contribution in [0.4, 0.5) is 0 Å². The Hall–Kier alpha value is -2.13. The van der Waals surface area contributed by atoms with E-state index in [4.69, 9.17) is 11.6 Å². The van der Waals surface area contributed by atoms with Crippen molar-refractivity contribution in [3.05, 3.63) is 47.5 Å². The highest BCUT2D eigenvalue weighted by Gasteiger charge is 2.11. The first-order valence-electron chi connectivity index (χ1n) is 6.05. The Morgan fingerprint density at radius 2 is 1.95 bits per heavy atom. The maximum atomic E-state index is 6.21. The number of nitrogens with zero attached hydrogens (tertiary/aromatic N) is 2. The first-order valence-corrected chi connectivity index (χ1v) is 6.43. The van der Waals surface area contributed by atoms with Crippen LogP contribution in [0.15, 0.2) is 36.8 Å². The molecule has 0 radical (unpaired) electrons. The molecule has 0 saturated carbocycles. The van der Waals surface area contributed by atoms with Crippen LogP contribution < -0.4 is 0 Å². The Balaban J connectivity index is 2.34. The van der Waals surface area contributed by atoms with E-state index in [1.807, 2.05) is 18.3 Å². The first kappa shape index (κ1) is 10.8. The van der Waals surface area contributed by atoms with Crippen LogP contribution in [0.2, 0.25) is 5.15 Å². The van der Waals surface area contributed by atoms with E-state index in [1.165, 1.54) is 5.56 Å². The van der Waals surface area contributed by atoms with E-state index in [0.29, 0.717) is 5.15 Å². The second kappa shape index (κ2) is 3.68. The highest BCUT2D eigenvalue weighted by molar-refractivity contribution is 6.35. The van der Waals surface area contributed by atoms with Gasteiger partial charge in [0.15, 0.2) is 0 Å². The normalized spacial score (nSPS) is 11.7. The third-order valence-electron chi connectivity index (χ3n) is 3.65. The Bertz CT molecular complexity index is 940. The number of rotatable bonds is 0. The van der Waals surface area contributed by atoms with Gasteiger partial charge in [-0.2, -0.15) is 0 Å². The van der Waals surface area contributed by atoms with Crippen molar-refractivity contribution in [3.63, 3.8) is 0 Å². The van der Waals surface area contributed by atoms with Crippen molar-refractivity contribution in [3.8, 4) is 0 Å². The van der Waals surface area contributed by atoms with Gasteiger partial charge in [-0.3, -0.25) is 4.98 Å². The number of nitrogens with one attached hydrogen (secondary N) is 1. The van der Waals surface area contributed by atoms with Gasteiger partial charge in [-0.1, -0.05) is 11.6 Å². The predicted molar refractivity (Wildman–Crippen MR) is 78.6 cm³/mol. The predicted octanol–water partition coefficient (Wildman–Crippen LogP) is 4.23. The van der Waals surface area contributed by atoms with Gasteiger partial charge >= 0.3 is 0 Å². The molecular formula is C15H10ClN3. The average Bonchev–Trinajstić information content (AvgIpc) is 2.80. The Labute approximate surface area is 114 Å². The van der Waals surface area contributed by atoms with E-state index in [9.17, 15) is 0 Å². The lowest BCUT2D eigenvalue weighted by Crippen LogP contribution is -1.84. The molecule has 3 aromatic heterocycles. The molecule has 0 aliphatic rings. The smallest absolute Gasteiger partial charge is 0.136 e. The zero-order valence-corrected chi connectivity index (χ0v) is 11.0.